The first-order valence-corrected chi connectivity index (χ1v) is 14.7. The lowest BCUT2D eigenvalue weighted by Crippen LogP contribution is -2.18. The van der Waals surface area contributed by atoms with E-state index in [0.29, 0.717) is 13.0 Å². The number of nitrogens with zero attached hydrogens (tertiary/aromatic N) is 1. The average molecular weight is 522 g/mol. The number of pyridine rings is 1. The molecule has 1 aromatic heterocycles. The molecule has 38 heavy (non-hydrogen) atoms. The van der Waals surface area contributed by atoms with Gasteiger partial charge in [-0.1, -0.05) is 72.8 Å². The molecule has 0 aliphatic heterocycles. The lowest BCUT2D eigenvalue weighted by atomic mass is 9.96. The van der Waals surface area contributed by atoms with Gasteiger partial charge in [0.2, 0.25) is 0 Å². The molecule has 0 aliphatic carbocycles. The summed E-state index contributed by atoms with van der Waals surface area (Å²) in [5, 5.41) is 0.539. The third-order valence-electron chi connectivity index (χ3n) is 6.86. The van der Waals surface area contributed by atoms with Gasteiger partial charge in [0, 0.05) is 29.8 Å². The maximum absolute atomic E-state index is 12.1. The highest BCUT2D eigenvalue weighted by Gasteiger charge is 2.17. The van der Waals surface area contributed by atoms with Gasteiger partial charge in [0.15, 0.2) is 0 Å². The van der Waals surface area contributed by atoms with Gasteiger partial charge >= 0.3 is 0 Å². The van der Waals surface area contributed by atoms with Crippen LogP contribution in [0.4, 0.5) is 0 Å². The van der Waals surface area contributed by atoms with Crippen molar-refractivity contribution in [3.8, 4) is 16.9 Å². The first-order valence-electron chi connectivity index (χ1n) is 12.8. The average Bonchev–Trinajstić information content (AvgIpc) is 2.92. The van der Waals surface area contributed by atoms with Crippen LogP contribution in [0.3, 0.4) is 0 Å². The fourth-order valence-corrected chi connectivity index (χ4v) is 5.17. The normalized spacial score (nSPS) is 12.4. The molecule has 0 bridgehead atoms. The summed E-state index contributed by atoms with van der Waals surface area (Å²) in [4.78, 5) is 4.65. The Labute approximate surface area is 224 Å². The molecule has 0 fully saturated rings. The molecular formula is C33H31NO3S. The molecule has 0 spiro atoms. The van der Waals surface area contributed by atoms with Gasteiger partial charge < -0.3 is 4.74 Å². The van der Waals surface area contributed by atoms with Gasteiger partial charge in [-0.15, -0.1) is 0 Å². The highest BCUT2D eigenvalue weighted by Crippen LogP contribution is 2.31. The van der Waals surface area contributed by atoms with Crippen molar-refractivity contribution in [2.75, 3.05) is 6.26 Å². The van der Waals surface area contributed by atoms with Gasteiger partial charge in [-0.3, -0.25) is 4.98 Å². The van der Waals surface area contributed by atoms with Crippen molar-refractivity contribution in [3.63, 3.8) is 0 Å². The molecule has 0 aliphatic rings. The fourth-order valence-electron chi connectivity index (χ4n) is 4.67. The van der Waals surface area contributed by atoms with Crippen molar-refractivity contribution in [1.29, 1.82) is 0 Å². The molecular weight excluding hydrogens is 490 g/mol. The van der Waals surface area contributed by atoms with Crippen molar-refractivity contribution < 1.29 is 13.2 Å². The SMILES string of the molecule is CC(Cc1cc(-c2cccc(COc3ccccc3Cc3ccccc3)c2)c2ncccc2c1)S(C)(=O)=O. The summed E-state index contributed by atoms with van der Waals surface area (Å²) in [5.74, 6) is 0.880. The van der Waals surface area contributed by atoms with Gasteiger partial charge in [-0.25, -0.2) is 8.42 Å². The largest absolute Gasteiger partial charge is 0.489 e. The van der Waals surface area contributed by atoms with E-state index in [2.05, 4.69) is 59.6 Å². The molecule has 0 N–H and O–H groups in total. The molecule has 5 heteroatoms. The van der Waals surface area contributed by atoms with Crippen LogP contribution in [0.5, 0.6) is 5.75 Å². The summed E-state index contributed by atoms with van der Waals surface area (Å²) < 4.78 is 30.5. The van der Waals surface area contributed by atoms with Crippen molar-refractivity contribution in [2.45, 2.75) is 31.6 Å². The van der Waals surface area contributed by atoms with Crippen LogP contribution in [0.25, 0.3) is 22.0 Å². The first-order chi connectivity index (χ1) is 18.4. The van der Waals surface area contributed by atoms with Crippen LogP contribution in [-0.4, -0.2) is 24.9 Å². The van der Waals surface area contributed by atoms with Gasteiger partial charge in [0.25, 0.3) is 0 Å². The minimum absolute atomic E-state index is 0.440. The van der Waals surface area contributed by atoms with Crippen LogP contribution in [-0.2, 0) is 29.3 Å². The molecule has 0 saturated carbocycles. The quantitative estimate of drug-likeness (QED) is 0.209. The van der Waals surface area contributed by atoms with Crippen LogP contribution < -0.4 is 4.74 Å². The number of benzene rings is 4. The van der Waals surface area contributed by atoms with Crippen LogP contribution in [0, 0.1) is 0 Å². The smallest absolute Gasteiger partial charge is 0.150 e. The summed E-state index contributed by atoms with van der Waals surface area (Å²) in [6.45, 7) is 2.20. The third kappa shape index (κ3) is 6.12. The standard InChI is InChI=1S/C33H31NO3S/c1-24(38(2,35)36)18-27-21-30-15-9-17-34-33(30)31(22-27)28-14-8-12-26(20-28)23-37-32-16-7-6-13-29(32)19-25-10-4-3-5-11-25/h3-17,20-22,24H,18-19,23H2,1-2H3. The summed E-state index contributed by atoms with van der Waals surface area (Å²) >= 11 is 0. The topological polar surface area (TPSA) is 56.3 Å². The van der Waals surface area contributed by atoms with Crippen molar-refractivity contribution in [2.24, 2.45) is 0 Å². The number of hydrogen-bond donors (Lipinski definition) is 0. The second-order valence-electron chi connectivity index (χ2n) is 9.82. The summed E-state index contributed by atoms with van der Waals surface area (Å²) in [7, 11) is -3.13. The van der Waals surface area contributed by atoms with E-state index in [1.807, 2.05) is 48.5 Å². The van der Waals surface area contributed by atoms with E-state index in [9.17, 15) is 8.42 Å². The van der Waals surface area contributed by atoms with Gasteiger partial charge in [0.05, 0.1) is 10.8 Å². The highest BCUT2D eigenvalue weighted by molar-refractivity contribution is 7.91. The van der Waals surface area contributed by atoms with E-state index in [1.54, 1.807) is 13.1 Å². The lowest BCUT2D eigenvalue weighted by molar-refractivity contribution is 0.303. The Hall–Kier alpha value is -3.96. The zero-order valence-corrected chi connectivity index (χ0v) is 22.5. The summed E-state index contributed by atoms with van der Waals surface area (Å²) in [6, 6.07) is 34.9. The molecule has 4 aromatic carbocycles. The van der Waals surface area contributed by atoms with E-state index in [1.165, 1.54) is 11.8 Å². The number of hydrogen-bond acceptors (Lipinski definition) is 4. The molecule has 1 atom stereocenters. The molecule has 5 aromatic rings. The number of fused-ring (bicyclic) bond motifs is 1. The zero-order valence-electron chi connectivity index (χ0n) is 21.7. The van der Waals surface area contributed by atoms with E-state index in [-0.39, 0.29) is 0 Å². The molecule has 0 saturated heterocycles. The number of rotatable bonds is 9. The van der Waals surface area contributed by atoms with E-state index in [4.69, 9.17) is 4.74 Å². The van der Waals surface area contributed by atoms with E-state index < -0.39 is 15.1 Å². The zero-order chi connectivity index (χ0) is 26.5. The number of aromatic nitrogens is 1. The minimum atomic E-state index is -3.13. The van der Waals surface area contributed by atoms with Crippen LogP contribution in [0.2, 0.25) is 0 Å². The minimum Gasteiger partial charge on any atom is -0.489 e. The fraction of sp³-hybridized carbons (Fsp3) is 0.182. The molecule has 0 amide bonds. The number of ether oxygens (including phenoxy) is 1. The Bertz CT molecular complexity index is 1660. The van der Waals surface area contributed by atoms with Crippen molar-refractivity contribution in [1.82, 2.24) is 4.98 Å². The molecule has 4 nitrogen and oxygen atoms in total. The number of sulfone groups is 1. The third-order valence-corrected chi connectivity index (χ3v) is 8.49. The Morgan fingerprint density at radius 3 is 2.37 bits per heavy atom. The maximum atomic E-state index is 12.1. The van der Waals surface area contributed by atoms with Gasteiger partial charge in [-0.05, 0) is 71.5 Å². The second kappa shape index (κ2) is 11.2. The van der Waals surface area contributed by atoms with Crippen molar-refractivity contribution >= 4 is 20.7 Å². The van der Waals surface area contributed by atoms with E-state index >= 15 is 0 Å². The predicted molar refractivity (Wildman–Crippen MR) is 155 cm³/mol. The molecule has 1 heterocycles. The molecule has 0 radical (unpaired) electrons. The summed E-state index contributed by atoms with van der Waals surface area (Å²) in [6.07, 6.45) is 4.36. The molecule has 5 rings (SSSR count). The maximum Gasteiger partial charge on any atom is 0.150 e. The number of para-hydroxylation sites is 1. The molecule has 1 unspecified atom stereocenters. The molecule has 192 valence electrons. The summed E-state index contributed by atoms with van der Waals surface area (Å²) in [5.41, 5.74) is 7.35. The van der Waals surface area contributed by atoms with Gasteiger partial charge in [-0.2, -0.15) is 0 Å². The predicted octanol–water partition coefficient (Wildman–Crippen LogP) is 7.05. The van der Waals surface area contributed by atoms with Crippen LogP contribution in [0.15, 0.2) is 109 Å². The van der Waals surface area contributed by atoms with E-state index in [0.717, 1.165) is 50.9 Å². The van der Waals surface area contributed by atoms with Crippen molar-refractivity contribution in [3.05, 3.63) is 132 Å². The Kier molecular flexibility index (Phi) is 7.57. The van der Waals surface area contributed by atoms with Crippen LogP contribution >= 0.6 is 0 Å². The Morgan fingerprint density at radius 1 is 0.789 bits per heavy atom. The first kappa shape index (κ1) is 25.7. The second-order valence-corrected chi connectivity index (χ2v) is 12.3. The monoisotopic (exact) mass is 521 g/mol. The van der Waals surface area contributed by atoms with Crippen LogP contribution in [0.1, 0.15) is 29.2 Å². The highest BCUT2D eigenvalue weighted by atomic mass is 32.2. The van der Waals surface area contributed by atoms with Gasteiger partial charge in [0.1, 0.15) is 22.2 Å². The lowest BCUT2D eigenvalue weighted by Gasteiger charge is -2.15. The Balaban J connectivity index is 1.42. The Morgan fingerprint density at radius 2 is 1.55 bits per heavy atom.